The van der Waals surface area contributed by atoms with Crippen molar-refractivity contribution < 1.29 is 14.6 Å². The van der Waals surface area contributed by atoms with Crippen LogP contribution >= 0.6 is 0 Å². The Hall–Kier alpha value is -1.67. The number of morpholine rings is 1. The second-order valence-corrected chi connectivity index (χ2v) is 7.04. The van der Waals surface area contributed by atoms with E-state index in [2.05, 4.69) is 32.1 Å². The molecule has 2 fully saturated rings. The van der Waals surface area contributed by atoms with Crippen LogP contribution < -0.4 is 10.2 Å². The Bertz CT molecular complexity index is 567. The van der Waals surface area contributed by atoms with Gasteiger partial charge in [0.25, 0.3) is 0 Å². The third-order valence-corrected chi connectivity index (χ3v) is 5.19. The number of rotatable bonds is 6. The van der Waals surface area contributed by atoms with Gasteiger partial charge in [0.2, 0.25) is 5.91 Å². The standard InChI is InChI=1S/C19H30N4O3/c1-16(15-24)22-8-6-21(7-9-22)14-19(25)20-17-2-4-18(5-3-17)23-10-12-26-13-11-23/h2-5,16,24H,6-15H2,1H3,(H,20,25)/t16-/m1/s1. The summed E-state index contributed by atoms with van der Waals surface area (Å²) in [6, 6.07) is 8.22. The summed E-state index contributed by atoms with van der Waals surface area (Å²) in [5.41, 5.74) is 2.00. The molecule has 2 aliphatic rings. The highest BCUT2D eigenvalue weighted by molar-refractivity contribution is 5.92. The number of anilines is 2. The van der Waals surface area contributed by atoms with Crippen molar-refractivity contribution in [3.63, 3.8) is 0 Å². The molecule has 0 saturated carbocycles. The van der Waals surface area contributed by atoms with Gasteiger partial charge in [0.05, 0.1) is 26.4 Å². The summed E-state index contributed by atoms with van der Waals surface area (Å²) in [5, 5.41) is 12.2. The molecule has 1 amide bonds. The summed E-state index contributed by atoms with van der Waals surface area (Å²) < 4.78 is 5.38. The minimum absolute atomic E-state index is 0.0211. The van der Waals surface area contributed by atoms with E-state index in [1.54, 1.807) is 0 Å². The molecule has 0 aliphatic carbocycles. The molecule has 26 heavy (non-hydrogen) atoms. The third kappa shape index (κ3) is 5.17. The number of nitrogens with one attached hydrogen (secondary N) is 1. The minimum Gasteiger partial charge on any atom is -0.395 e. The molecule has 2 aliphatic heterocycles. The van der Waals surface area contributed by atoms with Crippen LogP contribution in [-0.2, 0) is 9.53 Å². The number of aliphatic hydroxyl groups is 1. The van der Waals surface area contributed by atoms with Gasteiger partial charge >= 0.3 is 0 Å². The Morgan fingerprint density at radius 3 is 2.38 bits per heavy atom. The highest BCUT2D eigenvalue weighted by Gasteiger charge is 2.22. The van der Waals surface area contributed by atoms with Crippen molar-refractivity contribution in [1.29, 1.82) is 0 Å². The predicted molar refractivity (Wildman–Crippen MR) is 103 cm³/mol. The summed E-state index contributed by atoms with van der Waals surface area (Å²) in [6.45, 7) is 9.47. The lowest BCUT2D eigenvalue weighted by Gasteiger charge is -2.37. The van der Waals surface area contributed by atoms with Gasteiger partial charge in [0.1, 0.15) is 0 Å². The van der Waals surface area contributed by atoms with Crippen molar-refractivity contribution >= 4 is 17.3 Å². The van der Waals surface area contributed by atoms with Crippen molar-refractivity contribution in [2.75, 3.05) is 75.9 Å². The Labute approximate surface area is 155 Å². The van der Waals surface area contributed by atoms with Crippen LogP contribution in [0, 0.1) is 0 Å². The lowest BCUT2D eigenvalue weighted by Crippen LogP contribution is -2.51. The van der Waals surface area contributed by atoms with Crippen LogP contribution in [0.3, 0.4) is 0 Å². The summed E-state index contributed by atoms with van der Waals surface area (Å²) >= 11 is 0. The number of carbonyl (C=O) groups excluding carboxylic acids is 1. The molecule has 144 valence electrons. The maximum Gasteiger partial charge on any atom is 0.238 e. The van der Waals surface area contributed by atoms with Gasteiger partial charge in [-0.1, -0.05) is 0 Å². The minimum atomic E-state index is 0.0211. The molecule has 0 unspecified atom stereocenters. The fourth-order valence-electron chi connectivity index (χ4n) is 3.46. The van der Waals surface area contributed by atoms with E-state index in [1.807, 2.05) is 19.1 Å². The lowest BCUT2D eigenvalue weighted by atomic mass is 10.2. The zero-order chi connectivity index (χ0) is 18.4. The second kappa shape index (κ2) is 9.32. The second-order valence-electron chi connectivity index (χ2n) is 7.04. The summed E-state index contributed by atoms with van der Waals surface area (Å²) in [7, 11) is 0. The third-order valence-electron chi connectivity index (χ3n) is 5.19. The summed E-state index contributed by atoms with van der Waals surface area (Å²) in [6.07, 6.45) is 0. The highest BCUT2D eigenvalue weighted by atomic mass is 16.5. The molecule has 7 heteroatoms. The molecule has 3 rings (SSSR count). The molecule has 1 atom stereocenters. The smallest absolute Gasteiger partial charge is 0.238 e. The zero-order valence-corrected chi connectivity index (χ0v) is 15.6. The number of aliphatic hydroxyl groups excluding tert-OH is 1. The maximum absolute atomic E-state index is 12.3. The molecule has 7 nitrogen and oxygen atoms in total. The molecular weight excluding hydrogens is 332 g/mol. The van der Waals surface area contributed by atoms with Gasteiger partial charge in [-0.25, -0.2) is 0 Å². The molecule has 1 aromatic carbocycles. The fourth-order valence-corrected chi connectivity index (χ4v) is 3.46. The first-order valence-electron chi connectivity index (χ1n) is 9.45. The van der Waals surface area contributed by atoms with Crippen LogP contribution in [0.2, 0.25) is 0 Å². The molecule has 2 N–H and O–H groups in total. The number of benzene rings is 1. The van der Waals surface area contributed by atoms with Crippen LogP contribution in [0.1, 0.15) is 6.92 Å². The van der Waals surface area contributed by atoms with Gasteiger partial charge in [0.15, 0.2) is 0 Å². The van der Waals surface area contributed by atoms with Crippen LogP contribution in [0.15, 0.2) is 24.3 Å². The van der Waals surface area contributed by atoms with Crippen LogP contribution in [-0.4, -0.2) is 92.5 Å². The molecule has 2 saturated heterocycles. The molecule has 0 radical (unpaired) electrons. The number of amides is 1. The van der Waals surface area contributed by atoms with Crippen molar-refractivity contribution in [1.82, 2.24) is 9.80 Å². The normalized spacial score (nSPS) is 20.8. The summed E-state index contributed by atoms with van der Waals surface area (Å²) in [5.74, 6) is 0.0211. The van der Waals surface area contributed by atoms with Crippen LogP contribution in [0.5, 0.6) is 0 Å². The van der Waals surface area contributed by atoms with E-state index in [-0.39, 0.29) is 18.6 Å². The van der Waals surface area contributed by atoms with Gasteiger partial charge in [-0.05, 0) is 31.2 Å². The zero-order valence-electron chi connectivity index (χ0n) is 15.6. The van der Waals surface area contributed by atoms with E-state index in [0.29, 0.717) is 6.54 Å². The Balaban J connectivity index is 1.43. The highest BCUT2D eigenvalue weighted by Crippen LogP contribution is 2.19. The molecule has 2 heterocycles. The fraction of sp³-hybridized carbons (Fsp3) is 0.632. The number of hydrogen-bond acceptors (Lipinski definition) is 6. The Morgan fingerprint density at radius 2 is 1.77 bits per heavy atom. The van der Waals surface area contributed by atoms with E-state index in [1.165, 1.54) is 5.69 Å². The first-order valence-corrected chi connectivity index (χ1v) is 9.45. The number of ether oxygens (including phenoxy) is 1. The van der Waals surface area contributed by atoms with Gasteiger partial charge in [0, 0.05) is 56.7 Å². The monoisotopic (exact) mass is 362 g/mol. The van der Waals surface area contributed by atoms with E-state index < -0.39 is 0 Å². The van der Waals surface area contributed by atoms with E-state index in [9.17, 15) is 9.90 Å². The van der Waals surface area contributed by atoms with Crippen molar-refractivity contribution in [3.8, 4) is 0 Å². The van der Waals surface area contributed by atoms with Crippen LogP contribution in [0.25, 0.3) is 0 Å². The Kier molecular flexibility index (Phi) is 6.85. The van der Waals surface area contributed by atoms with E-state index in [0.717, 1.165) is 58.2 Å². The van der Waals surface area contributed by atoms with Gasteiger partial charge in [-0.3, -0.25) is 14.6 Å². The molecule has 0 spiro atoms. The predicted octanol–water partition coefficient (Wildman–Crippen LogP) is 0.460. The molecular formula is C19H30N4O3. The summed E-state index contributed by atoms with van der Waals surface area (Å²) in [4.78, 5) is 19.0. The van der Waals surface area contributed by atoms with Gasteiger partial charge in [-0.15, -0.1) is 0 Å². The van der Waals surface area contributed by atoms with Gasteiger partial charge in [-0.2, -0.15) is 0 Å². The first kappa shape index (κ1) is 19.1. The lowest BCUT2D eigenvalue weighted by molar-refractivity contribution is -0.117. The average Bonchev–Trinajstić information content (AvgIpc) is 2.69. The largest absolute Gasteiger partial charge is 0.395 e. The number of piperazine rings is 1. The van der Waals surface area contributed by atoms with E-state index >= 15 is 0 Å². The SMILES string of the molecule is C[C@H](CO)N1CCN(CC(=O)Nc2ccc(N3CCOCC3)cc2)CC1. The molecule has 0 aromatic heterocycles. The van der Waals surface area contributed by atoms with Crippen LogP contribution in [0.4, 0.5) is 11.4 Å². The molecule has 1 aromatic rings. The number of hydrogen-bond donors (Lipinski definition) is 2. The number of carbonyl (C=O) groups is 1. The quantitative estimate of drug-likeness (QED) is 0.766. The van der Waals surface area contributed by atoms with Crippen molar-refractivity contribution in [2.24, 2.45) is 0 Å². The van der Waals surface area contributed by atoms with Crippen molar-refractivity contribution in [3.05, 3.63) is 24.3 Å². The first-order chi connectivity index (χ1) is 12.7. The maximum atomic E-state index is 12.3. The van der Waals surface area contributed by atoms with Gasteiger partial charge < -0.3 is 20.1 Å². The average molecular weight is 362 g/mol. The molecule has 0 bridgehead atoms. The Morgan fingerprint density at radius 1 is 1.12 bits per heavy atom. The van der Waals surface area contributed by atoms with E-state index in [4.69, 9.17) is 4.74 Å². The topological polar surface area (TPSA) is 68.3 Å². The van der Waals surface area contributed by atoms with Crippen molar-refractivity contribution in [2.45, 2.75) is 13.0 Å². The number of nitrogens with zero attached hydrogens (tertiary/aromatic N) is 3.